The number of hydrogen-bond donors (Lipinski definition) is 1. The quantitative estimate of drug-likeness (QED) is 0.831. The number of aliphatic hydroxyl groups is 1. The van der Waals surface area contributed by atoms with Crippen molar-refractivity contribution in [3.8, 4) is 0 Å². The molecule has 2 aromatic rings. The van der Waals surface area contributed by atoms with Crippen LogP contribution in [-0.4, -0.2) is 5.11 Å². The lowest BCUT2D eigenvalue weighted by atomic mass is 9.95. The third kappa shape index (κ3) is 3.71. The summed E-state index contributed by atoms with van der Waals surface area (Å²) < 4.78 is 1.04. The Kier molecular flexibility index (Phi) is 5.00. The fraction of sp³-hybridized carbons (Fsp3) is 0.333. The molecule has 0 aliphatic carbocycles. The van der Waals surface area contributed by atoms with Gasteiger partial charge in [-0.05, 0) is 53.6 Å². The summed E-state index contributed by atoms with van der Waals surface area (Å²) >= 11 is 3.45. The SMILES string of the molecule is Cc1cc(Br)ccc1C(O)c1ccc(CC(C)C)cc1. The van der Waals surface area contributed by atoms with Crippen LogP contribution in [0.4, 0.5) is 0 Å². The van der Waals surface area contributed by atoms with Crippen molar-refractivity contribution >= 4 is 15.9 Å². The molecule has 0 spiro atoms. The monoisotopic (exact) mass is 332 g/mol. The average Bonchev–Trinajstić information content (AvgIpc) is 2.38. The lowest BCUT2D eigenvalue weighted by molar-refractivity contribution is 0.219. The van der Waals surface area contributed by atoms with Crippen LogP contribution in [0, 0.1) is 12.8 Å². The van der Waals surface area contributed by atoms with Gasteiger partial charge in [0.1, 0.15) is 6.10 Å². The molecule has 0 saturated heterocycles. The summed E-state index contributed by atoms with van der Waals surface area (Å²) in [7, 11) is 0. The topological polar surface area (TPSA) is 20.2 Å². The van der Waals surface area contributed by atoms with Gasteiger partial charge in [0.25, 0.3) is 0 Å². The predicted molar refractivity (Wildman–Crippen MR) is 87.9 cm³/mol. The lowest BCUT2D eigenvalue weighted by Gasteiger charge is -2.15. The molecule has 0 heterocycles. The van der Waals surface area contributed by atoms with E-state index in [4.69, 9.17) is 0 Å². The maximum absolute atomic E-state index is 10.5. The summed E-state index contributed by atoms with van der Waals surface area (Å²) in [6, 6.07) is 14.3. The van der Waals surface area contributed by atoms with Gasteiger partial charge in [-0.2, -0.15) is 0 Å². The van der Waals surface area contributed by atoms with Crippen LogP contribution in [-0.2, 0) is 6.42 Å². The van der Waals surface area contributed by atoms with Gasteiger partial charge in [-0.1, -0.05) is 60.1 Å². The minimum absolute atomic E-state index is 0.559. The van der Waals surface area contributed by atoms with E-state index in [0.717, 1.165) is 27.6 Å². The maximum atomic E-state index is 10.5. The zero-order valence-electron chi connectivity index (χ0n) is 12.2. The molecule has 0 amide bonds. The number of halogens is 1. The van der Waals surface area contributed by atoms with Crippen molar-refractivity contribution in [1.82, 2.24) is 0 Å². The number of aryl methyl sites for hydroxylation is 1. The Bertz CT molecular complexity index is 572. The minimum Gasteiger partial charge on any atom is -0.384 e. The Morgan fingerprint density at radius 3 is 2.25 bits per heavy atom. The molecule has 2 rings (SSSR count). The molecule has 2 heteroatoms. The summed E-state index contributed by atoms with van der Waals surface area (Å²) in [5, 5.41) is 10.5. The van der Waals surface area contributed by atoms with Crippen molar-refractivity contribution in [2.24, 2.45) is 5.92 Å². The standard InChI is InChI=1S/C18H21BrO/c1-12(2)10-14-4-6-15(7-5-14)18(20)17-9-8-16(19)11-13(17)3/h4-9,11-12,18,20H,10H2,1-3H3. The Hall–Kier alpha value is -1.12. The van der Waals surface area contributed by atoms with Crippen LogP contribution < -0.4 is 0 Å². The fourth-order valence-electron chi connectivity index (χ4n) is 2.43. The first-order valence-corrected chi connectivity index (χ1v) is 7.79. The molecule has 1 N–H and O–H groups in total. The minimum atomic E-state index is -0.559. The molecular weight excluding hydrogens is 312 g/mol. The molecule has 0 saturated carbocycles. The van der Waals surface area contributed by atoms with E-state index in [9.17, 15) is 5.11 Å². The van der Waals surface area contributed by atoms with E-state index in [1.165, 1.54) is 5.56 Å². The van der Waals surface area contributed by atoms with Gasteiger partial charge in [0.2, 0.25) is 0 Å². The van der Waals surface area contributed by atoms with E-state index in [1.54, 1.807) is 0 Å². The second-order valence-corrected chi connectivity index (χ2v) is 6.66. The van der Waals surface area contributed by atoms with Gasteiger partial charge in [0.05, 0.1) is 0 Å². The Morgan fingerprint density at radius 2 is 1.70 bits per heavy atom. The fourth-order valence-corrected chi connectivity index (χ4v) is 2.91. The first-order chi connectivity index (χ1) is 9.47. The van der Waals surface area contributed by atoms with Crippen LogP contribution in [0.2, 0.25) is 0 Å². The van der Waals surface area contributed by atoms with Gasteiger partial charge in [-0.15, -0.1) is 0 Å². The third-order valence-corrected chi connectivity index (χ3v) is 3.96. The Labute approximate surface area is 129 Å². The van der Waals surface area contributed by atoms with Gasteiger partial charge >= 0.3 is 0 Å². The molecule has 1 atom stereocenters. The Morgan fingerprint density at radius 1 is 1.05 bits per heavy atom. The molecule has 2 aromatic carbocycles. The lowest BCUT2D eigenvalue weighted by Crippen LogP contribution is -2.02. The number of benzene rings is 2. The van der Waals surface area contributed by atoms with Crippen LogP contribution in [0.25, 0.3) is 0 Å². The molecule has 0 bridgehead atoms. The molecule has 106 valence electrons. The highest BCUT2D eigenvalue weighted by molar-refractivity contribution is 9.10. The van der Waals surface area contributed by atoms with E-state index in [2.05, 4.69) is 41.9 Å². The van der Waals surface area contributed by atoms with Crippen molar-refractivity contribution in [3.63, 3.8) is 0 Å². The van der Waals surface area contributed by atoms with E-state index < -0.39 is 6.10 Å². The first-order valence-electron chi connectivity index (χ1n) is 7.00. The summed E-state index contributed by atoms with van der Waals surface area (Å²) in [6.45, 7) is 6.46. The van der Waals surface area contributed by atoms with E-state index >= 15 is 0 Å². The van der Waals surface area contributed by atoms with E-state index in [0.29, 0.717) is 5.92 Å². The molecule has 0 aliphatic rings. The summed E-state index contributed by atoms with van der Waals surface area (Å²) in [6.07, 6.45) is 0.518. The maximum Gasteiger partial charge on any atom is 0.104 e. The van der Waals surface area contributed by atoms with Crippen molar-refractivity contribution in [2.45, 2.75) is 33.3 Å². The van der Waals surface area contributed by atoms with Gasteiger partial charge in [0.15, 0.2) is 0 Å². The first kappa shape index (κ1) is 15.3. The molecule has 0 aromatic heterocycles. The van der Waals surface area contributed by atoms with Gasteiger partial charge in [-0.25, -0.2) is 0 Å². The van der Waals surface area contributed by atoms with Crippen molar-refractivity contribution in [3.05, 3.63) is 69.2 Å². The van der Waals surface area contributed by atoms with Gasteiger partial charge in [0, 0.05) is 4.47 Å². The Balaban J connectivity index is 2.22. The summed E-state index contributed by atoms with van der Waals surface area (Å²) in [5.74, 6) is 0.652. The highest BCUT2D eigenvalue weighted by Crippen LogP contribution is 2.27. The zero-order valence-corrected chi connectivity index (χ0v) is 13.8. The van der Waals surface area contributed by atoms with Crippen LogP contribution >= 0.6 is 15.9 Å². The van der Waals surface area contributed by atoms with Crippen LogP contribution in [0.15, 0.2) is 46.9 Å². The van der Waals surface area contributed by atoms with Gasteiger partial charge in [-0.3, -0.25) is 0 Å². The van der Waals surface area contributed by atoms with Gasteiger partial charge < -0.3 is 5.11 Å². The predicted octanol–water partition coefficient (Wildman–Crippen LogP) is 5.04. The largest absolute Gasteiger partial charge is 0.384 e. The average molecular weight is 333 g/mol. The number of aliphatic hydroxyl groups excluding tert-OH is 1. The van der Waals surface area contributed by atoms with Crippen molar-refractivity contribution in [1.29, 1.82) is 0 Å². The summed E-state index contributed by atoms with van der Waals surface area (Å²) in [4.78, 5) is 0. The third-order valence-electron chi connectivity index (χ3n) is 3.47. The zero-order chi connectivity index (χ0) is 14.7. The number of rotatable bonds is 4. The van der Waals surface area contributed by atoms with E-state index in [-0.39, 0.29) is 0 Å². The normalized spacial score (nSPS) is 12.7. The highest BCUT2D eigenvalue weighted by Gasteiger charge is 2.13. The second-order valence-electron chi connectivity index (χ2n) is 5.74. The van der Waals surface area contributed by atoms with Crippen molar-refractivity contribution in [2.75, 3.05) is 0 Å². The number of hydrogen-bond acceptors (Lipinski definition) is 1. The molecule has 0 radical (unpaired) electrons. The summed E-state index contributed by atoms with van der Waals surface area (Å²) in [5.41, 5.74) is 4.33. The molecule has 1 nitrogen and oxygen atoms in total. The molecule has 20 heavy (non-hydrogen) atoms. The molecule has 0 fully saturated rings. The van der Waals surface area contributed by atoms with Crippen LogP contribution in [0.3, 0.4) is 0 Å². The van der Waals surface area contributed by atoms with Crippen molar-refractivity contribution < 1.29 is 5.11 Å². The van der Waals surface area contributed by atoms with Crippen LogP contribution in [0.1, 0.15) is 42.2 Å². The highest BCUT2D eigenvalue weighted by atomic mass is 79.9. The second kappa shape index (κ2) is 6.55. The van der Waals surface area contributed by atoms with Crippen LogP contribution in [0.5, 0.6) is 0 Å². The van der Waals surface area contributed by atoms with E-state index in [1.807, 2.05) is 37.3 Å². The molecular formula is C18H21BrO. The smallest absolute Gasteiger partial charge is 0.104 e. The molecule has 0 aliphatic heterocycles. The molecule has 1 unspecified atom stereocenters.